The molecule has 0 aromatic rings. The van der Waals surface area contributed by atoms with Crippen molar-refractivity contribution in [2.24, 2.45) is 5.92 Å². The SMILES string of the molecule is CC[S+]([O-])CC1CCNCC1.Cl. The van der Waals surface area contributed by atoms with Crippen LogP contribution in [-0.4, -0.2) is 29.1 Å². The van der Waals surface area contributed by atoms with E-state index in [9.17, 15) is 4.55 Å². The van der Waals surface area contributed by atoms with Gasteiger partial charge in [-0.15, -0.1) is 12.4 Å². The van der Waals surface area contributed by atoms with E-state index in [-0.39, 0.29) is 12.4 Å². The van der Waals surface area contributed by atoms with Gasteiger partial charge in [-0.1, -0.05) is 11.2 Å². The summed E-state index contributed by atoms with van der Waals surface area (Å²) in [7, 11) is 0. The largest absolute Gasteiger partial charge is 0.616 e. The molecule has 0 aromatic carbocycles. The van der Waals surface area contributed by atoms with Crippen LogP contribution < -0.4 is 5.32 Å². The van der Waals surface area contributed by atoms with Gasteiger partial charge in [0.1, 0.15) is 11.5 Å². The Labute approximate surface area is 84.1 Å². The molecule has 0 spiro atoms. The van der Waals surface area contributed by atoms with E-state index in [2.05, 4.69) is 5.32 Å². The van der Waals surface area contributed by atoms with Crippen LogP contribution in [0.2, 0.25) is 0 Å². The molecule has 0 aromatic heterocycles. The van der Waals surface area contributed by atoms with Crippen LogP contribution in [0.4, 0.5) is 0 Å². The highest BCUT2D eigenvalue weighted by atomic mass is 35.5. The first-order valence-electron chi connectivity index (χ1n) is 4.38. The molecule has 12 heavy (non-hydrogen) atoms. The molecule has 1 aliphatic heterocycles. The highest BCUT2D eigenvalue weighted by Crippen LogP contribution is 2.14. The van der Waals surface area contributed by atoms with Gasteiger partial charge in [-0.3, -0.25) is 0 Å². The van der Waals surface area contributed by atoms with Gasteiger partial charge in [0.25, 0.3) is 0 Å². The minimum atomic E-state index is -0.552. The topological polar surface area (TPSA) is 35.1 Å². The second-order valence-electron chi connectivity index (χ2n) is 3.09. The van der Waals surface area contributed by atoms with Gasteiger partial charge in [-0.25, -0.2) is 0 Å². The van der Waals surface area contributed by atoms with E-state index in [0.29, 0.717) is 0 Å². The fraction of sp³-hybridized carbons (Fsp3) is 1.00. The molecular formula is C8H18ClNOS. The third kappa shape index (κ3) is 4.55. The Bertz CT molecular complexity index is 109. The maximum Gasteiger partial charge on any atom is 0.108 e. The van der Waals surface area contributed by atoms with Crippen molar-refractivity contribution in [3.8, 4) is 0 Å². The average molecular weight is 212 g/mol. The van der Waals surface area contributed by atoms with Gasteiger partial charge in [-0.05, 0) is 32.9 Å². The van der Waals surface area contributed by atoms with Gasteiger partial charge in [-0.2, -0.15) is 0 Å². The third-order valence-electron chi connectivity index (χ3n) is 2.20. The van der Waals surface area contributed by atoms with E-state index in [0.717, 1.165) is 30.5 Å². The lowest BCUT2D eigenvalue weighted by atomic mass is 10.0. The summed E-state index contributed by atoms with van der Waals surface area (Å²) in [5.41, 5.74) is 0. The fourth-order valence-corrected chi connectivity index (χ4v) is 2.52. The molecule has 1 heterocycles. The van der Waals surface area contributed by atoms with Gasteiger partial charge >= 0.3 is 0 Å². The van der Waals surface area contributed by atoms with Gasteiger partial charge in [0.2, 0.25) is 0 Å². The van der Waals surface area contributed by atoms with Crippen molar-refractivity contribution in [1.82, 2.24) is 5.32 Å². The predicted octanol–water partition coefficient (Wildman–Crippen LogP) is 1.18. The summed E-state index contributed by atoms with van der Waals surface area (Å²) in [5, 5.41) is 3.31. The Balaban J connectivity index is 0.00000121. The molecule has 1 N–H and O–H groups in total. The summed E-state index contributed by atoms with van der Waals surface area (Å²) in [5.74, 6) is 2.47. The Hall–Kier alpha value is 0.560. The Morgan fingerprint density at radius 1 is 1.42 bits per heavy atom. The molecular weight excluding hydrogens is 194 g/mol. The zero-order valence-electron chi connectivity index (χ0n) is 7.54. The zero-order valence-corrected chi connectivity index (χ0v) is 9.18. The number of piperidine rings is 1. The molecule has 1 atom stereocenters. The smallest absolute Gasteiger partial charge is 0.108 e. The zero-order chi connectivity index (χ0) is 8.10. The number of hydrogen-bond donors (Lipinski definition) is 1. The molecule has 1 saturated heterocycles. The monoisotopic (exact) mass is 211 g/mol. The summed E-state index contributed by atoms with van der Waals surface area (Å²) in [6, 6.07) is 0. The summed E-state index contributed by atoms with van der Waals surface area (Å²) in [6.07, 6.45) is 2.43. The lowest BCUT2D eigenvalue weighted by Gasteiger charge is -2.22. The summed E-state index contributed by atoms with van der Waals surface area (Å²) >= 11 is -0.552. The molecule has 0 saturated carbocycles. The van der Waals surface area contributed by atoms with Crippen molar-refractivity contribution in [1.29, 1.82) is 0 Å². The lowest BCUT2D eigenvalue weighted by Crippen LogP contribution is -2.31. The Morgan fingerprint density at radius 2 is 2.00 bits per heavy atom. The van der Waals surface area contributed by atoms with Gasteiger partial charge in [0, 0.05) is 5.92 Å². The summed E-state index contributed by atoms with van der Waals surface area (Å²) < 4.78 is 11.2. The average Bonchev–Trinajstić information content (AvgIpc) is 2.06. The van der Waals surface area contributed by atoms with Crippen LogP contribution in [0.15, 0.2) is 0 Å². The van der Waals surface area contributed by atoms with Crippen molar-refractivity contribution < 1.29 is 4.55 Å². The molecule has 0 amide bonds. The van der Waals surface area contributed by atoms with Crippen molar-refractivity contribution in [3.63, 3.8) is 0 Å². The van der Waals surface area contributed by atoms with Gasteiger partial charge in [0.05, 0.1) is 0 Å². The van der Waals surface area contributed by atoms with E-state index in [1.54, 1.807) is 0 Å². The van der Waals surface area contributed by atoms with E-state index >= 15 is 0 Å². The third-order valence-corrected chi connectivity index (χ3v) is 3.69. The van der Waals surface area contributed by atoms with Gasteiger partial charge in [0.15, 0.2) is 0 Å². The van der Waals surface area contributed by atoms with Crippen molar-refractivity contribution in [2.75, 3.05) is 24.6 Å². The first-order chi connectivity index (χ1) is 5.33. The molecule has 0 bridgehead atoms. The summed E-state index contributed by atoms with van der Waals surface area (Å²) in [4.78, 5) is 0. The number of hydrogen-bond acceptors (Lipinski definition) is 2. The quantitative estimate of drug-likeness (QED) is 0.712. The molecule has 1 aliphatic rings. The molecule has 74 valence electrons. The molecule has 0 aliphatic carbocycles. The Morgan fingerprint density at radius 3 is 2.50 bits per heavy atom. The van der Waals surface area contributed by atoms with E-state index in [1.807, 2.05) is 6.92 Å². The maximum absolute atomic E-state index is 11.2. The molecule has 1 unspecified atom stereocenters. The normalized spacial score (nSPS) is 21.5. The van der Waals surface area contributed by atoms with Crippen molar-refractivity contribution in [2.45, 2.75) is 19.8 Å². The van der Waals surface area contributed by atoms with Crippen LogP contribution >= 0.6 is 12.4 Å². The van der Waals surface area contributed by atoms with Crippen LogP contribution in [0.3, 0.4) is 0 Å². The van der Waals surface area contributed by atoms with Crippen LogP contribution in [0.5, 0.6) is 0 Å². The van der Waals surface area contributed by atoms with Crippen LogP contribution in [0.25, 0.3) is 0 Å². The maximum atomic E-state index is 11.2. The second kappa shape index (κ2) is 7.01. The minimum Gasteiger partial charge on any atom is -0.616 e. The van der Waals surface area contributed by atoms with Crippen molar-refractivity contribution in [3.05, 3.63) is 0 Å². The first-order valence-corrected chi connectivity index (χ1v) is 5.87. The van der Waals surface area contributed by atoms with E-state index < -0.39 is 11.2 Å². The number of rotatable bonds is 3. The standard InChI is InChI=1S/C8H17NOS.ClH/c1-2-11(10)7-8-3-5-9-6-4-8;/h8-9H,2-7H2,1H3;1H. The second-order valence-corrected chi connectivity index (χ2v) is 4.88. The van der Waals surface area contributed by atoms with Gasteiger partial charge < -0.3 is 9.87 Å². The van der Waals surface area contributed by atoms with Crippen LogP contribution in [0.1, 0.15) is 19.8 Å². The summed E-state index contributed by atoms with van der Waals surface area (Å²) in [6.45, 7) is 4.23. The van der Waals surface area contributed by atoms with E-state index in [1.165, 1.54) is 12.8 Å². The molecule has 2 nitrogen and oxygen atoms in total. The molecule has 1 rings (SSSR count). The number of halogens is 1. The number of nitrogens with one attached hydrogen (secondary N) is 1. The Kier molecular flexibility index (Phi) is 7.34. The van der Waals surface area contributed by atoms with Crippen LogP contribution in [0, 0.1) is 5.92 Å². The highest BCUT2D eigenvalue weighted by molar-refractivity contribution is 7.91. The molecule has 1 fully saturated rings. The van der Waals surface area contributed by atoms with Crippen LogP contribution in [-0.2, 0) is 11.2 Å². The van der Waals surface area contributed by atoms with E-state index in [4.69, 9.17) is 0 Å². The molecule has 0 radical (unpaired) electrons. The fourth-order valence-electron chi connectivity index (χ4n) is 1.43. The predicted molar refractivity (Wildman–Crippen MR) is 56.4 cm³/mol. The first kappa shape index (κ1) is 12.6. The highest BCUT2D eigenvalue weighted by Gasteiger charge is 2.17. The minimum absolute atomic E-state index is 0. The lowest BCUT2D eigenvalue weighted by molar-refractivity contribution is 0.401. The molecule has 4 heteroatoms. The van der Waals surface area contributed by atoms with Crippen molar-refractivity contribution >= 4 is 23.6 Å².